The standard InChI is InChI=1S/C16H21ClN8O3/c1-18-16(26)23-11-7-28-12-10(6-27-13(11)12)22-14-9(17)4-19-15(24-14)21-8-3-20-25(2)5-8/h3-5,10-13H,6-7H2,1-2H3,(H2,18,23,26)(H2,19,21,22,24)/t10-,11+,12?,13?/m1/s1. The number of hydrogen-bond donors (Lipinski definition) is 4. The second-order valence-corrected chi connectivity index (χ2v) is 7.00. The molecule has 2 saturated heterocycles. The molecule has 0 bridgehead atoms. The number of hydrogen-bond acceptors (Lipinski definition) is 8. The molecule has 11 nitrogen and oxygen atoms in total. The molecule has 2 aliphatic rings. The van der Waals surface area contributed by atoms with Gasteiger partial charge in [0.15, 0.2) is 5.82 Å². The summed E-state index contributed by atoms with van der Waals surface area (Å²) in [4.78, 5) is 20.2. The average Bonchev–Trinajstić information content (AvgIpc) is 3.37. The van der Waals surface area contributed by atoms with Crippen LogP contribution in [-0.2, 0) is 16.5 Å². The molecule has 0 aromatic carbocycles. The van der Waals surface area contributed by atoms with Crippen molar-refractivity contribution in [1.29, 1.82) is 0 Å². The molecule has 2 amide bonds. The maximum atomic E-state index is 11.6. The van der Waals surface area contributed by atoms with Crippen LogP contribution in [-0.4, -0.2) is 70.3 Å². The third-order valence-electron chi connectivity index (χ3n) is 4.62. The first-order valence-electron chi connectivity index (χ1n) is 8.79. The first kappa shape index (κ1) is 18.7. The summed E-state index contributed by atoms with van der Waals surface area (Å²) in [5, 5.41) is 16.2. The van der Waals surface area contributed by atoms with E-state index in [1.165, 1.54) is 6.20 Å². The Morgan fingerprint density at radius 1 is 1.25 bits per heavy atom. The van der Waals surface area contributed by atoms with E-state index in [0.717, 1.165) is 5.69 Å². The van der Waals surface area contributed by atoms with Crippen LogP contribution in [0.15, 0.2) is 18.6 Å². The molecule has 12 heteroatoms. The van der Waals surface area contributed by atoms with Crippen LogP contribution < -0.4 is 21.3 Å². The summed E-state index contributed by atoms with van der Waals surface area (Å²) in [5.74, 6) is 0.866. The van der Waals surface area contributed by atoms with Gasteiger partial charge in [0.1, 0.15) is 17.2 Å². The number of anilines is 3. The lowest BCUT2D eigenvalue weighted by Crippen LogP contribution is -2.47. The number of carbonyl (C=O) groups is 1. The van der Waals surface area contributed by atoms with Gasteiger partial charge in [-0.3, -0.25) is 4.68 Å². The fourth-order valence-corrected chi connectivity index (χ4v) is 3.45. The summed E-state index contributed by atoms with van der Waals surface area (Å²) < 4.78 is 13.4. The number of rotatable bonds is 5. The van der Waals surface area contributed by atoms with E-state index < -0.39 is 0 Å². The van der Waals surface area contributed by atoms with Crippen LogP contribution in [0.3, 0.4) is 0 Å². The lowest BCUT2D eigenvalue weighted by atomic mass is 10.1. The highest BCUT2D eigenvalue weighted by atomic mass is 35.5. The van der Waals surface area contributed by atoms with Crippen molar-refractivity contribution in [3.05, 3.63) is 23.6 Å². The van der Waals surface area contributed by atoms with Crippen molar-refractivity contribution < 1.29 is 14.3 Å². The highest BCUT2D eigenvalue weighted by molar-refractivity contribution is 6.32. The summed E-state index contributed by atoms with van der Waals surface area (Å²) in [7, 11) is 3.39. The second kappa shape index (κ2) is 7.78. The number of nitrogens with zero attached hydrogens (tertiary/aromatic N) is 4. The maximum Gasteiger partial charge on any atom is 0.314 e. The van der Waals surface area contributed by atoms with Gasteiger partial charge in [-0.2, -0.15) is 10.1 Å². The van der Waals surface area contributed by atoms with Gasteiger partial charge < -0.3 is 30.7 Å². The minimum Gasteiger partial charge on any atom is -0.371 e. The van der Waals surface area contributed by atoms with Crippen molar-refractivity contribution in [2.75, 3.05) is 30.9 Å². The zero-order chi connectivity index (χ0) is 19.7. The number of ether oxygens (including phenoxy) is 2. The van der Waals surface area contributed by atoms with E-state index in [1.807, 2.05) is 13.2 Å². The van der Waals surface area contributed by atoms with E-state index in [-0.39, 0.29) is 30.3 Å². The van der Waals surface area contributed by atoms with Crippen molar-refractivity contribution >= 4 is 35.1 Å². The molecule has 4 heterocycles. The Morgan fingerprint density at radius 3 is 2.71 bits per heavy atom. The minimum absolute atomic E-state index is 0.153. The number of nitrogens with one attached hydrogen (secondary N) is 4. The van der Waals surface area contributed by atoms with Crippen LogP contribution in [0.25, 0.3) is 0 Å². The smallest absolute Gasteiger partial charge is 0.314 e. The predicted octanol–water partition coefficient (Wildman–Crippen LogP) is 0.483. The van der Waals surface area contributed by atoms with Gasteiger partial charge in [0.2, 0.25) is 5.95 Å². The van der Waals surface area contributed by atoms with Crippen molar-refractivity contribution in [2.24, 2.45) is 7.05 Å². The summed E-state index contributed by atoms with van der Waals surface area (Å²) in [5.41, 5.74) is 0.766. The van der Waals surface area contributed by atoms with Gasteiger partial charge in [0.05, 0.1) is 43.4 Å². The highest BCUT2D eigenvalue weighted by Gasteiger charge is 2.48. The van der Waals surface area contributed by atoms with Crippen molar-refractivity contribution in [3.8, 4) is 0 Å². The van der Waals surface area contributed by atoms with Gasteiger partial charge in [-0.25, -0.2) is 9.78 Å². The molecule has 2 unspecified atom stereocenters. The number of urea groups is 1. The van der Waals surface area contributed by atoms with E-state index in [0.29, 0.717) is 30.0 Å². The third kappa shape index (κ3) is 3.81. The van der Waals surface area contributed by atoms with Crippen LogP contribution >= 0.6 is 11.6 Å². The Bertz CT molecular complexity index is 862. The van der Waals surface area contributed by atoms with Crippen molar-refractivity contribution in [1.82, 2.24) is 30.4 Å². The van der Waals surface area contributed by atoms with Gasteiger partial charge >= 0.3 is 6.03 Å². The molecule has 2 aromatic heterocycles. The van der Waals surface area contributed by atoms with Crippen LogP contribution in [0.2, 0.25) is 5.02 Å². The summed E-state index contributed by atoms with van der Waals surface area (Å²) in [6, 6.07) is -0.625. The van der Waals surface area contributed by atoms with Crippen LogP contribution in [0.4, 0.5) is 22.2 Å². The summed E-state index contributed by atoms with van der Waals surface area (Å²) in [6.07, 6.45) is 4.55. The van der Waals surface area contributed by atoms with Crippen LogP contribution in [0.1, 0.15) is 0 Å². The Kier molecular flexibility index (Phi) is 5.20. The second-order valence-electron chi connectivity index (χ2n) is 6.59. The van der Waals surface area contributed by atoms with E-state index in [9.17, 15) is 4.79 Å². The number of halogens is 1. The van der Waals surface area contributed by atoms with E-state index in [1.54, 1.807) is 17.9 Å². The Labute approximate surface area is 166 Å². The molecule has 150 valence electrons. The number of amides is 2. The molecule has 4 rings (SSSR count). The largest absolute Gasteiger partial charge is 0.371 e. The summed E-state index contributed by atoms with van der Waals surface area (Å²) in [6.45, 7) is 0.791. The van der Waals surface area contributed by atoms with Crippen molar-refractivity contribution in [2.45, 2.75) is 24.3 Å². The predicted molar refractivity (Wildman–Crippen MR) is 102 cm³/mol. The fourth-order valence-electron chi connectivity index (χ4n) is 3.31. The van der Waals surface area contributed by atoms with Gasteiger partial charge in [-0.1, -0.05) is 11.6 Å². The van der Waals surface area contributed by atoms with Gasteiger partial charge in [0.25, 0.3) is 0 Å². The molecule has 2 fully saturated rings. The topological polar surface area (TPSA) is 127 Å². The van der Waals surface area contributed by atoms with E-state index in [4.69, 9.17) is 21.1 Å². The van der Waals surface area contributed by atoms with Gasteiger partial charge in [-0.05, 0) is 0 Å². The molecule has 2 aliphatic heterocycles. The molecule has 0 spiro atoms. The Morgan fingerprint density at radius 2 is 2.00 bits per heavy atom. The normalized spacial score (nSPS) is 26.0. The van der Waals surface area contributed by atoms with Crippen LogP contribution in [0.5, 0.6) is 0 Å². The molecule has 0 radical (unpaired) electrons. The Hall–Kier alpha value is -2.63. The zero-order valence-corrected chi connectivity index (χ0v) is 16.1. The number of carbonyl (C=O) groups excluding carboxylic acids is 1. The first-order valence-corrected chi connectivity index (χ1v) is 9.17. The molecular formula is C16H21ClN8O3. The third-order valence-corrected chi connectivity index (χ3v) is 4.90. The molecule has 28 heavy (non-hydrogen) atoms. The molecule has 4 atom stereocenters. The molecule has 2 aromatic rings. The highest BCUT2D eigenvalue weighted by Crippen LogP contribution is 2.30. The van der Waals surface area contributed by atoms with E-state index >= 15 is 0 Å². The quantitative estimate of drug-likeness (QED) is 0.562. The number of fused-ring (bicyclic) bond motifs is 1. The fraction of sp³-hybridized carbons (Fsp3) is 0.500. The lowest BCUT2D eigenvalue weighted by molar-refractivity contribution is 0.0682. The van der Waals surface area contributed by atoms with Gasteiger partial charge in [0, 0.05) is 20.3 Å². The average molecular weight is 409 g/mol. The number of aromatic nitrogens is 4. The van der Waals surface area contributed by atoms with Crippen molar-refractivity contribution in [3.63, 3.8) is 0 Å². The molecule has 0 saturated carbocycles. The lowest BCUT2D eigenvalue weighted by Gasteiger charge is -2.19. The van der Waals surface area contributed by atoms with Crippen LogP contribution in [0, 0.1) is 0 Å². The maximum absolute atomic E-state index is 11.6. The molecule has 0 aliphatic carbocycles. The van der Waals surface area contributed by atoms with Gasteiger partial charge in [-0.15, -0.1) is 0 Å². The zero-order valence-electron chi connectivity index (χ0n) is 15.3. The SMILES string of the molecule is CNC(=O)N[C@H]1COC2C1OC[C@H]2Nc1nc(Nc2cnn(C)c2)ncc1Cl. The number of aryl methyl sites for hydroxylation is 1. The molecule has 4 N–H and O–H groups in total. The first-order chi connectivity index (χ1) is 13.5. The molecular weight excluding hydrogens is 388 g/mol. The minimum atomic E-state index is -0.265. The monoisotopic (exact) mass is 408 g/mol. The summed E-state index contributed by atoms with van der Waals surface area (Å²) >= 11 is 6.26. The van der Waals surface area contributed by atoms with E-state index in [2.05, 4.69) is 36.3 Å². The Balaban J connectivity index is 1.43.